The number of nitrogens with one attached hydrogen (secondary N) is 1. The highest BCUT2D eigenvalue weighted by Gasteiger charge is 2.31. The molecule has 32 heavy (non-hydrogen) atoms. The third-order valence-corrected chi connectivity index (χ3v) is 6.36. The lowest BCUT2D eigenvalue weighted by Gasteiger charge is -2.40. The van der Waals surface area contributed by atoms with E-state index in [0.717, 1.165) is 43.6 Å². The van der Waals surface area contributed by atoms with Crippen molar-refractivity contribution in [3.8, 4) is 0 Å². The standard InChI is InChI=1S/C20H21FN2OS.C6H5F/c1-25-20(24)22-16-11-14-5-3-8-23-9-7-17(18(12-16)19(14)23)13-4-2-6-15(21)10-13;7-6-4-2-1-3-5-6/h2,4,6,10-12,17H,3,5,7-9H2,1H3,(H,22,24);1-5H. The van der Waals surface area contributed by atoms with E-state index in [9.17, 15) is 13.6 Å². The number of anilines is 2. The van der Waals surface area contributed by atoms with Gasteiger partial charge in [0, 0.05) is 30.4 Å². The molecular weight excluding hydrogens is 426 g/mol. The first-order valence-corrected chi connectivity index (χ1v) is 12.0. The molecule has 0 saturated heterocycles. The van der Waals surface area contributed by atoms with E-state index in [1.165, 1.54) is 46.8 Å². The number of carbonyl (C=O) groups is 1. The monoisotopic (exact) mass is 452 g/mol. The quantitative estimate of drug-likeness (QED) is 0.462. The highest BCUT2D eigenvalue weighted by Crippen LogP contribution is 2.45. The van der Waals surface area contributed by atoms with Crippen LogP contribution >= 0.6 is 11.8 Å². The summed E-state index contributed by atoms with van der Waals surface area (Å²) in [5, 5.41) is 2.91. The third kappa shape index (κ3) is 5.13. The summed E-state index contributed by atoms with van der Waals surface area (Å²) in [5.41, 5.74) is 5.67. The maximum Gasteiger partial charge on any atom is 0.283 e. The number of amides is 1. The van der Waals surface area contributed by atoms with Crippen molar-refractivity contribution in [1.82, 2.24) is 0 Å². The zero-order valence-electron chi connectivity index (χ0n) is 18.0. The number of benzene rings is 3. The van der Waals surface area contributed by atoms with Crippen LogP contribution in [0, 0.1) is 11.6 Å². The molecule has 2 heterocycles. The summed E-state index contributed by atoms with van der Waals surface area (Å²) >= 11 is 1.17. The fourth-order valence-electron chi connectivity index (χ4n) is 4.52. The number of hydrogen-bond acceptors (Lipinski definition) is 3. The van der Waals surface area contributed by atoms with Gasteiger partial charge in [0.05, 0.1) is 0 Å². The third-order valence-electron chi connectivity index (χ3n) is 5.89. The molecule has 0 aliphatic carbocycles. The molecule has 6 heteroatoms. The van der Waals surface area contributed by atoms with Crippen molar-refractivity contribution in [2.75, 3.05) is 29.6 Å². The lowest BCUT2D eigenvalue weighted by molar-refractivity contribution is 0.270. The van der Waals surface area contributed by atoms with Gasteiger partial charge in [-0.2, -0.15) is 0 Å². The number of hydrogen-bond donors (Lipinski definition) is 1. The van der Waals surface area contributed by atoms with Gasteiger partial charge < -0.3 is 10.2 Å². The van der Waals surface area contributed by atoms with Crippen LogP contribution < -0.4 is 10.2 Å². The van der Waals surface area contributed by atoms with E-state index in [2.05, 4.69) is 22.3 Å². The van der Waals surface area contributed by atoms with Crippen LogP contribution in [0.4, 0.5) is 25.0 Å². The fraction of sp³-hybridized carbons (Fsp3) is 0.269. The zero-order chi connectivity index (χ0) is 22.5. The molecule has 166 valence electrons. The van der Waals surface area contributed by atoms with Gasteiger partial charge in [0.2, 0.25) is 0 Å². The van der Waals surface area contributed by atoms with Gasteiger partial charge in [0.15, 0.2) is 0 Å². The Bertz CT molecular complexity index is 1090. The Morgan fingerprint density at radius 1 is 1.00 bits per heavy atom. The van der Waals surface area contributed by atoms with Crippen LogP contribution in [0.2, 0.25) is 0 Å². The van der Waals surface area contributed by atoms with Gasteiger partial charge in [-0.15, -0.1) is 0 Å². The summed E-state index contributed by atoms with van der Waals surface area (Å²) in [4.78, 5) is 14.3. The number of rotatable bonds is 2. The smallest absolute Gasteiger partial charge is 0.283 e. The van der Waals surface area contributed by atoms with E-state index >= 15 is 0 Å². The first kappa shape index (κ1) is 22.3. The van der Waals surface area contributed by atoms with Crippen LogP contribution in [0.1, 0.15) is 35.4 Å². The highest BCUT2D eigenvalue weighted by atomic mass is 32.2. The predicted molar refractivity (Wildman–Crippen MR) is 129 cm³/mol. The molecule has 1 unspecified atom stereocenters. The molecule has 0 fully saturated rings. The molecule has 1 N–H and O–H groups in total. The van der Waals surface area contributed by atoms with E-state index in [1.807, 2.05) is 6.07 Å². The Balaban J connectivity index is 0.000000300. The first-order valence-electron chi connectivity index (χ1n) is 10.8. The zero-order valence-corrected chi connectivity index (χ0v) is 18.8. The fourth-order valence-corrected chi connectivity index (χ4v) is 4.74. The Labute approximate surface area is 191 Å². The molecule has 0 radical (unpaired) electrons. The molecular formula is C26H26F2N2OS. The summed E-state index contributed by atoms with van der Waals surface area (Å²) < 4.78 is 25.7. The van der Waals surface area contributed by atoms with Crippen LogP contribution in [0.25, 0.3) is 0 Å². The molecule has 1 atom stereocenters. The average molecular weight is 453 g/mol. The van der Waals surface area contributed by atoms with Gasteiger partial charge in [-0.3, -0.25) is 4.79 Å². The molecule has 3 aromatic rings. The van der Waals surface area contributed by atoms with E-state index in [4.69, 9.17) is 0 Å². The summed E-state index contributed by atoms with van der Waals surface area (Å²) in [6.45, 7) is 2.07. The molecule has 5 rings (SSSR count). The molecule has 0 saturated carbocycles. The number of aryl methyl sites for hydroxylation is 1. The van der Waals surface area contributed by atoms with E-state index in [1.54, 1.807) is 36.6 Å². The van der Waals surface area contributed by atoms with Gasteiger partial charge >= 0.3 is 0 Å². The number of carbonyl (C=O) groups excluding carboxylic acids is 1. The molecule has 0 spiro atoms. The molecule has 3 nitrogen and oxygen atoms in total. The second-order valence-corrected chi connectivity index (χ2v) is 8.75. The SMILES string of the molecule is CSC(=O)Nc1cc2c3c(c1)C(c1cccc(F)c1)CCN3CCC2.Fc1ccccc1. The molecule has 1 amide bonds. The van der Waals surface area contributed by atoms with Crippen molar-refractivity contribution in [1.29, 1.82) is 0 Å². The summed E-state index contributed by atoms with van der Waals surface area (Å²) in [6.07, 6.45) is 4.90. The maximum absolute atomic E-state index is 13.8. The van der Waals surface area contributed by atoms with Crippen LogP contribution in [0.3, 0.4) is 0 Å². The van der Waals surface area contributed by atoms with Crippen molar-refractivity contribution in [2.24, 2.45) is 0 Å². The van der Waals surface area contributed by atoms with Crippen LogP contribution in [-0.4, -0.2) is 24.6 Å². The lowest BCUT2D eigenvalue weighted by Crippen LogP contribution is -2.36. The molecule has 2 aliphatic heterocycles. The van der Waals surface area contributed by atoms with Crippen molar-refractivity contribution in [2.45, 2.75) is 25.2 Å². The van der Waals surface area contributed by atoms with E-state index in [0.29, 0.717) is 0 Å². The summed E-state index contributed by atoms with van der Waals surface area (Å²) in [6, 6.07) is 19.0. The Hall–Kier alpha value is -2.86. The van der Waals surface area contributed by atoms with E-state index < -0.39 is 0 Å². The van der Waals surface area contributed by atoms with Crippen LogP contribution in [0.15, 0.2) is 66.7 Å². The summed E-state index contributed by atoms with van der Waals surface area (Å²) in [7, 11) is 0. The average Bonchev–Trinajstić information content (AvgIpc) is 2.80. The van der Waals surface area contributed by atoms with Gasteiger partial charge in [0.25, 0.3) is 5.24 Å². The summed E-state index contributed by atoms with van der Waals surface area (Å²) in [5.74, 6) is -0.201. The maximum atomic E-state index is 13.8. The number of nitrogens with zero attached hydrogens (tertiary/aromatic N) is 1. The molecule has 0 aromatic heterocycles. The Morgan fingerprint density at radius 3 is 2.47 bits per heavy atom. The normalized spacial score (nSPS) is 16.5. The lowest BCUT2D eigenvalue weighted by atomic mass is 9.81. The van der Waals surface area contributed by atoms with Crippen LogP contribution in [0.5, 0.6) is 0 Å². The van der Waals surface area contributed by atoms with Gasteiger partial charge in [-0.05, 0) is 78.6 Å². The first-order chi connectivity index (χ1) is 15.5. The van der Waals surface area contributed by atoms with Crippen molar-refractivity contribution >= 4 is 28.4 Å². The van der Waals surface area contributed by atoms with Gasteiger partial charge in [0.1, 0.15) is 11.6 Å². The number of thioether (sulfide) groups is 1. The minimum absolute atomic E-state index is 0.0575. The molecule has 0 bridgehead atoms. The second-order valence-electron chi connectivity index (χ2n) is 7.97. The van der Waals surface area contributed by atoms with Gasteiger partial charge in [-0.1, -0.05) is 42.1 Å². The topological polar surface area (TPSA) is 32.3 Å². The second kappa shape index (κ2) is 10.2. The number of halogens is 2. The largest absolute Gasteiger partial charge is 0.371 e. The minimum atomic E-state index is -0.194. The van der Waals surface area contributed by atoms with Gasteiger partial charge in [-0.25, -0.2) is 8.78 Å². The van der Waals surface area contributed by atoms with E-state index in [-0.39, 0.29) is 22.8 Å². The van der Waals surface area contributed by atoms with Crippen molar-refractivity contribution in [3.63, 3.8) is 0 Å². The van der Waals surface area contributed by atoms with Crippen LogP contribution in [-0.2, 0) is 6.42 Å². The molecule has 3 aromatic carbocycles. The predicted octanol–water partition coefficient (Wildman–Crippen LogP) is 6.83. The Morgan fingerprint density at radius 2 is 1.78 bits per heavy atom. The van der Waals surface area contributed by atoms with Crippen molar-refractivity contribution in [3.05, 3.63) is 95.1 Å². The Kier molecular flexibility index (Phi) is 7.10. The highest BCUT2D eigenvalue weighted by molar-refractivity contribution is 8.13. The minimum Gasteiger partial charge on any atom is -0.371 e. The van der Waals surface area contributed by atoms with Crippen molar-refractivity contribution < 1.29 is 13.6 Å². The molecule has 2 aliphatic rings.